The van der Waals surface area contributed by atoms with E-state index in [1.807, 2.05) is 25.2 Å². The van der Waals surface area contributed by atoms with Crippen molar-refractivity contribution in [2.24, 2.45) is 0 Å². The lowest BCUT2D eigenvalue weighted by molar-refractivity contribution is 0.0391. The molecule has 0 aliphatic rings. The van der Waals surface area contributed by atoms with Crippen LogP contribution in [0.5, 0.6) is 0 Å². The van der Waals surface area contributed by atoms with Crippen molar-refractivity contribution in [3.63, 3.8) is 0 Å². The van der Waals surface area contributed by atoms with Gasteiger partial charge in [0.25, 0.3) is 0 Å². The van der Waals surface area contributed by atoms with E-state index in [-0.39, 0.29) is 18.5 Å². The van der Waals surface area contributed by atoms with Gasteiger partial charge in [0, 0.05) is 12.1 Å². The Balaban J connectivity index is 2.11. The van der Waals surface area contributed by atoms with Gasteiger partial charge in [0.15, 0.2) is 0 Å². The summed E-state index contributed by atoms with van der Waals surface area (Å²) in [5, 5.41) is 3.13. The Kier molecular flexibility index (Phi) is 5.27. The molecule has 0 radical (unpaired) electrons. The van der Waals surface area contributed by atoms with Crippen LogP contribution in [-0.2, 0) is 11.3 Å². The van der Waals surface area contributed by atoms with E-state index in [1.54, 1.807) is 12.1 Å². The van der Waals surface area contributed by atoms with Crippen molar-refractivity contribution in [2.75, 3.05) is 13.6 Å². The number of halogens is 1. The highest BCUT2D eigenvalue weighted by molar-refractivity contribution is 5.28. The van der Waals surface area contributed by atoms with Gasteiger partial charge in [-0.1, -0.05) is 42.5 Å². The van der Waals surface area contributed by atoms with Gasteiger partial charge in [-0.05, 0) is 31.2 Å². The van der Waals surface area contributed by atoms with Gasteiger partial charge in [0.1, 0.15) is 5.82 Å². The SMILES string of the molecule is CNCC(OCc1ccccc1F)c1ccccc1C. The first-order valence-electron chi connectivity index (χ1n) is 6.77. The number of hydrogen-bond acceptors (Lipinski definition) is 2. The molecule has 1 N–H and O–H groups in total. The summed E-state index contributed by atoms with van der Waals surface area (Å²) in [5.74, 6) is -0.222. The predicted molar refractivity (Wildman–Crippen MR) is 79.0 cm³/mol. The smallest absolute Gasteiger partial charge is 0.128 e. The molecule has 20 heavy (non-hydrogen) atoms. The molecule has 0 aliphatic heterocycles. The van der Waals surface area contributed by atoms with Gasteiger partial charge in [-0.3, -0.25) is 0 Å². The van der Waals surface area contributed by atoms with Crippen LogP contribution in [0.25, 0.3) is 0 Å². The van der Waals surface area contributed by atoms with E-state index in [9.17, 15) is 4.39 Å². The van der Waals surface area contributed by atoms with E-state index in [2.05, 4.69) is 24.4 Å². The number of rotatable bonds is 6. The molecule has 2 rings (SSSR count). The number of nitrogens with one attached hydrogen (secondary N) is 1. The van der Waals surface area contributed by atoms with E-state index in [4.69, 9.17) is 4.74 Å². The lowest BCUT2D eigenvalue weighted by Gasteiger charge is -2.20. The third-order valence-electron chi connectivity index (χ3n) is 3.32. The third-order valence-corrected chi connectivity index (χ3v) is 3.32. The number of hydrogen-bond donors (Lipinski definition) is 1. The molecule has 0 aliphatic carbocycles. The minimum Gasteiger partial charge on any atom is -0.367 e. The van der Waals surface area contributed by atoms with Crippen LogP contribution in [0.1, 0.15) is 22.8 Å². The molecule has 0 bridgehead atoms. The highest BCUT2D eigenvalue weighted by Gasteiger charge is 2.14. The van der Waals surface area contributed by atoms with E-state index >= 15 is 0 Å². The van der Waals surface area contributed by atoms with Crippen molar-refractivity contribution in [2.45, 2.75) is 19.6 Å². The Bertz CT molecular complexity index is 556. The van der Waals surface area contributed by atoms with Crippen molar-refractivity contribution < 1.29 is 9.13 Å². The first kappa shape index (κ1) is 14.7. The maximum atomic E-state index is 13.6. The highest BCUT2D eigenvalue weighted by atomic mass is 19.1. The zero-order chi connectivity index (χ0) is 14.4. The zero-order valence-electron chi connectivity index (χ0n) is 11.9. The molecule has 106 valence electrons. The number of benzene rings is 2. The molecule has 2 aromatic carbocycles. The van der Waals surface area contributed by atoms with Crippen LogP contribution in [0.3, 0.4) is 0 Å². The second-order valence-electron chi connectivity index (χ2n) is 4.81. The molecule has 2 nitrogen and oxygen atoms in total. The highest BCUT2D eigenvalue weighted by Crippen LogP contribution is 2.22. The molecule has 0 spiro atoms. The lowest BCUT2D eigenvalue weighted by Crippen LogP contribution is -2.20. The van der Waals surface area contributed by atoms with Gasteiger partial charge in [0.05, 0.1) is 12.7 Å². The van der Waals surface area contributed by atoms with Crippen molar-refractivity contribution in [3.05, 3.63) is 71.0 Å². The Hall–Kier alpha value is -1.71. The molecule has 0 amide bonds. The monoisotopic (exact) mass is 273 g/mol. The van der Waals surface area contributed by atoms with Gasteiger partial charge in [-0.25, -0.2) is 4.39 Å². The Morgan fingerprint density at radius 1 is 1.10 bits per heavy atom. The Morgan fingerprint density at radius 3 is 2.50 bits per heavy atom. The Labute approximate surface area is 119 Å². The van der Waals surface area contributed by atoms with Gasteiger partial charge in [-0.15, -0.1) is 0 Å². The van der Waals surface area contributed by atoms with Crippen LogP contribution >= 0.6 is 0 Å². The third kappa shape index (κ3) is 3.65. The van der Waals surface area contributed by atoms with Crippen molar-refractivity contribution in [1.82, 2.24) is 5.32 Å². The first-order valence-corrected chi connectivity index (χ1v) is 6.77. The summed E-state index contributed by atoms with van der Waals surface area (Å²) in [4.78, 5) is 0. The van der Waals surface area contributed by atoms with Crippen molar-refractivity contribution in [3.8, 4) is 0 Å². The summed E-state index contributed by atoms with van der Waals surface area (Å²) in [6.07, 6.45) is -0.0826. The number of ether oxygens (including phenoxy) is 1. The normalized spacial score (nSPS) is 12.3. The second-order valence-corrected chi connectivity index (χ2v) is 4.81. The molecule has 0 aromatic heterocycles. The summed E-state index contributed by atoms with van der Waals surface area (Å²) in [6, 6.07) is 14.8. The van der Waals surface area contributed by atoms with Crippen LogP contribution < -0.4 is 5.32 Å². The first-order chi connectivity index (χ1) is 9.72. The molecular weight excluding hydrogens is 253 g/mol. The van der Waals surface area contributed by atoms with Gasteiger partial charge in [0.2, 0.25) is 0 Å². The van der Waals surface area contributed by atoms with Crippen molar-refractivity contribution in [1.29, 1.82) is 0 Å². The second kappa shape index (κ2) is 7.17. The molecule has 0 fully saturated rings. The molecule has 0 saturated heterocycles. The van der Waals surface area contributed by atoms with Crippen molar-refractivity contribution >= 4 is 0 Å². The topological polar surface area (TPSA) is 21.3 Å². The standard InChI is InChI=1S/C17H20FNO/c1-13-7-3-5-9-15(13)17(11-19-2)20-12-14-8-4-6-10-16(14)18/h3-10,17,19H,11-12H2,1-2H3. The van der Waals surface area contributed by atoms with E-state index in [0.717, 1.165) is 5.56 Å². The van der Waals surface area contributed by atoms with Crippen LogP contribution in [0.2, 0.25) is 0 Å². The lowest BCUT2D eigenvalue weighted by atomic mass is 10.0. The molecule has 2 aromatic rings. The molecule has 0 saturated carbocycles. The Morgan fingerprint density at radius 2 is 1.80 bits per heavy atom. The maximum Gasteiger partial charge on any atom is 0.128 e. The summed E-state index contributed by atoms with van der Waals surface area (Å²) < 4.78 is 19.5. The van der Waals surface area contributed by atoms with Crippen LogP contribution in [0.15, 0.2) is 48.5 Å². The summed E-state index contributed by atoms with van der Waals surface area (Å²) in [5.41, 5.74) is 2.90. The van der Waals surface area contributed by atoms with Crippen LogP contribution in [0, 0.1) is 12.7 Å². The molecule has 0 heterocycles. The van der Waals surface area contributed by atoms with E-state index in [0.29, 0.717) is 12.1 Å². The predicted octanol–water partition coefficient (Wildman–Crippen LogP) is 3.61. The zero-order valence-corrected chi connectivity index (χ0v) is 11.9. The van der Waals surface area contributed by atoms with Gasteiger partial charge >= 0.3 is 0 Å². The fraction of sp³-hybridized carbons (Fsp3) is 0.294. The molecule has 3 heteroatoms. The van der Waals surface area contributed by atoms with Gasteiger partial charge in [-0.2, -0.15) is 0 Å². The average molecular weight is 273 g/mol. The summed E-state index contributed by atoms with van der Waals surface area (Å²) >= 11 is 0. The number of likely N-dealkylation sites (N-methyl/N-ethyl adjacent to an activating group) is 1. The molecule has 1 atom stereocenters. The van der Waals surface area contributed by atoms with Gasteiger partial charge < -0.3 is 10.1 Å². The fourth-order valence-electron chi connectivity index (χ4n) is 2.20. The van der Waals surface area contributed by atoms with Crippen LogP contribution in [0.4, 0.5) is 4.39 Å². The average Bonchev–Trinajstić information content (AvgIpc) is 2.46. The summed E-state index contributed by atoms with van der Waals surface area (Å²) in [6.45, 7) is 3.02. The fourth-order valence-corrected chi connectivity index (χ4v) is 2.20. The minimum atomic E-state index is -0.222. The summed E-state index contributed by atoms with van der Waals surface area (Å²) in [7, 11) is 1.89. The van der Waals surface area contributed by atoms with Crippen LogP contribution in [-0.4, -0.2) is 13.6 Å². The molecular formula is C17H20FNO. The largest absolute Gasteiger partial charge is 0.367 e. The van der Waals surface area contributed by atoms with E-state index < -0.39 is 0 Å². The van der Waals surface area contributed by atoms with E-state index in [1.165, 1.54) is 11.6 Å². The quantitative estimate of drug-likeness (QED) is 0.868. The maximum absolute atomic E-state index is 13.6. The molecule has 1 unspecified atom stereocenters. The number of aryl methyl sites for hydroxylation is 1. The minimum absolute atomic E-state index is 0.0826.